The molecule has 1 aromatic carbocycles. The maximum Gasteiger partial charge on any atom is 0.203 e. The molecule has 3 rings (SSSR count). The number of nitrogens with zero attached hydrogens (tertiary/aromatic N) is 2. The summed E-state index contributed by atoms with van der Waals surface area (Å²) in [5.74, 6) is 2.85. The molecule has 1 atom stereocenters. The molecule has 1 aliphatic heterocycles. The van der Waals surface area contributed by atoms with Crippen molar-refractivity contribution in [3.05, 3.63) is 35.2 Å². The quantitative estimate of drug-likeness (QED) is 0.772. The van der Waals surface area contributed by atoms with E-state index in [4.69, 9.17) is 18.7 Å². The summed E-state index contributed by atoms with van der Waals surface area (Å²) in [6.45, 7) is 3.78. The summed E-state index contributed by atoms with van der Waals surface area (Å²) in [6, 6.07) is 6.38. The first-order valence-corrected chi connectivity index (χ1v) is 9.12. The predicted molar refractivity (Wildman–Crippen MR) is 99.0 cm³/mol. The van der Waals surface area contributed by atoms with Gasteiger partial charge in [-0.05, 0) is 44.0 Å². The van der Waals surface area contributed by atoms with Gasteiger partial charge in [0.25, 0.3) is 0 Å². The second-order valence-electron chi connectivity index (χ2n) is 6.73. The van der Waals surface area contributed by atoms with Crippen LogP contribution in [0.5, 0.6) is 17.2 Å². The van der Waals surface area contributed by atoms with E-state index in [-0.39, 0.29) is 6.04 Å². The van der Waals surface area contributed by atoms with Crippen LogP contribution in [0.1, 0.15) is 48.7 Å². The smallest absolute Gasteiger partial charge is 0.203 e. The third-order valence-corrected chi connectivity index (χ3v) is 4.96. The minimum atomic E-state index is 0.272. The van der Waals surface area contributed by atoms with Gasteiger partial charge in [-0.2, -0.15) is 0 Å². The first kappa shape index (κ1) is 18.6. The van der Waals surface area contributed by atoms with Gasteiger partial charge in [0.15, 0.2) is 11.5 Å². The summed E-state index contributed by atoms with van der Waals surface area (Å²) >= 11 is 0. The van der Waals surface area contributed by atoms with Gasteiger partial charge >= 0.3 is 0 Å². The number of hydrogen-bond acceptors (Lipinski definition) is 6. The highest BCUT2D eigenvalue weighted by Gasteiger charge is 2.26. The van der Waals surface area contributed by atoms with Crippen LogP contribution >= 0.6 is 0 Å². The Labute approximate surface area is 155 Å². The third kappa shape index (κ3) is 3.96. The van der Waals surface area contributed by atoms with Gasteiger partial charge in [0.1, 0.15) is 11.5 Å². The molecule has 1 aromatic heterocycles. The van der Waals surface area contributed by atoms with Crippen LogP contribution in [0.3, 0.4) is 0 Å². The normalized spacial score (nSPS) is 18.4. The Morgan fingerprint density at radius 3 is 2.35 bits per heavy atom. The summed E-state index contributed by atoms with van der Waals surface area (Å²) in [5.41, 5.74) is 2.16. The molecule has 26 heavy (non-hydrogen) atoms. The van der Waals surface area contributed by atoms with E-state index in [1.807, 2.05) is 19.1 Å². The molecule has 0 unspecified atom stereocenters. The molecular formula is C20H28N2O4. The number of hydrogen-bond donors (Lipinski definition) is 0. The monoisotopic (exact) mass is 360 g/mol. The van der Waals surface area contributed by atoms with Crippen LogP contribution in [0, 0.1) is 6.92 Å². The predicted octanol–water partition coefficient (Wildman–Crippen LogP) is 4.13. The standard InChI is InChI=1S/C20H28N2O4/c1-14-10-16(21-26-14)17-8-6-5-7-9-22(17)13-15-11-18(23-2)20(25-4)19(12-15)24-3/h10-12,17H,5-9,13H2,1-4H3/t17-/m1/s1. The molecular weight excluding hydrogens is 332 g/mol. The zero-order chi connectivity index (χ0) is 18.5. The van der Waals surface area contributed by atoms with Crippen molar-refractivity contribution in [3.63, 3.8) is 0 Å². The van der Waals surface area contributed by atoms with E-state index in [9.17, 15) is 0 Å². The van der Waals surface area contributed by atoms with E-state index in [0.29, 0.717) is 17.2 Å². The van der Waals surface area contributed by atoms with Crippen molar-refractivity contribution in [3.8, 4) is 17.2 Å². The average Bonchev–Trinajstić information content (AvgIpc) is 2.95. The zero-order valence-electron chi connectivity index (χ0n) is 16.1. The second-order valence-corrected chi connectivity index (χ2v) is 6.73. The number of benzene rings is 1. The third-order valence-electron chi connectivity index (χ3n) is 4.96. The Hall–Kier alpha value is -2.21. The van der Waals surface area contributed by atoms with Gasteiger partial charge in [-0.3, -0.25) is 4.90 Å². The lowest BCUT2D eigenvalue weighted by Gasteiger charge is -2.28. The van der Waals surface area contributed by atoms with Crippen molar-refractivity contribution in [1.29, 1.82) is 0 Å². The minimum Gasteiger partial charge on any atom is -0.493 e. The lowest BCUT2D eigenvalue weighted by molar-refractivity contribution is 0.183. The zero-order valence-corrected chi connectivity index (χ0v) is 16.1. The van der Waals surface area contributed by atoms with Crippen molar-refractivity contribution in [2.45, 2.75) is 45.2 Å². The van der Waals surface area contributed by atoms with Crippen molar-refractivity contribution in [1.82, 2.24) is 10.1 Å². The fraction of sp³-hybridized carbons (Fsp3) is 0.550. The SMILES string of the molecule is COc1cc(CN2CCCCC[C@@H]2c2cc(C)on2)cc(OC)c1OC. The Morgan fingerprint density at radius 1 is 1.04 bits per heavy atom. The summed E-state index contributed by atoms with van der Waals surface area (Å²) < 4.78 is 21.8. The first-order valence-electron chi connectivity index (χ1n) is 9.12. The number of rotatable bonds is 6. The maximum atomic E-state index is 5.50. The molecule has 6 heteroatoms. The molecule has 1 fully saturated rings. The van der Waals surface area contributed by atoms with E-state index in [1.165, 1.54) is 19.3 Å². The van der Waals surface area contributed by atoms with Gasteiger partial charge < -0.3 is 18.7 Å². The first-order chi connectivity index (χ1) is 12.7. The van der Waals surface area contributed by atoms with Crippen LogP contribution in [0.4, 0.5) is 0 Å². The Morgan fingerprint density at radius 2 is 1.77 bits per heavy atom. The molecule has 1 saturated heterocycles. The van der Waals surface area contributed by atoms with Gasteiger partial charge in [0.05, 0.1) is 27.4 Å². The molecule has 142 valence electrons. The van der Waals surface area contributed by atoms with Crippen LogP contribution in [-0.2, 0) is 6.54 Å². The minimum absolute atomic E-state index is 0.272. The van der Waals surface area contributed by atoms with Crippen LogP contribution in [0.15, 0.2) is 22.7 Å². The molecule has 6 nitrogen and oxygen atoms in total. The molecule has 0 spiro atoms. The number of methoxy groups -OCH3 is 3. The number of likely N-dealkylation sites (tertiary alicyclic amines) is 1. The summed E-state index contributed by atoms with van der Waals surface area (Å²) in [5, 5.41) is 4.28. The molecule has 0 amide bonds. The lowest BCUT2D eigenvalue weighted by Crippen LogP contribution is -2.28. The average molecular weight is 360 g/mol. The Kier molecular flexibility index (Phi) is 6.04. The van der Waals surface area contributed by atoms with Crippen LogP contribution in [0.25, 0.3) is 0 Å². The highest BCUT2D eigenvalue weighted by molar-refractivity contribution is 5.53. The summed E-state index contributed by atoms with van der Waals surface area (Å²) in [6.07, 6.45) is 4.75. The van der Waals surface area contributed by atoms with E-state index in [0.717, 1.165) is 36.5 Å². The molecule has 0 saturated carbocycles. The van der Waals surface area contributed by atoms with Crippen LogP contribution in [-0.4, -0.2) is 37.9 Å². The fourth-order valence-electron chi connectivity index (χ4n) is 3.70. The van der Waals surface area contributed by atoms with Crippen LogP contribution < -0.4 is 14.2 Å². The molecule has 1 aliphatic rings. The van der Waals surface area contributed by atoms with Gasteiger partial charge in [-0.1, -0.05) is 18.0 Å². The van der Waals surface area contributed by atoms with Crippen molar-refractivity contribution in [2.75, 3.05) is 27.9 Å². The summed E-state index contributed by atoms with van der Waals surface area (Å²) in [7, 11) is 4.92. The highest BCUT2D eigenvalue weighted by atomic mass is 16.5. The van der Waals surface area contributed by atoms with Crippen molar-refractivity contribution in [2.24, 2.45) is 0 Å². The molecule has 0 N–H and O–H groups in total. The van der Waals surface area contributed by atoms with Crippen LogP contribution in [0.2, 0.25) is 0 Å². The fourth-order valence-corrected chi connectivity index (χ4v) is 3.70. The van der Waals surface area contributed by atoms with Gasteiger partial charge in [-0.25, -0.2) is 0 Å². The topological polar surface area (TPSA) is 57.0 Å². The van der Waals surface area contributed by atoms with Gasteiger partial charge in [0, 0.05) is 12.6 Å². The second kappa shape index (κ2) is 8.45. The van der Waals surface area contributed by atoms with Crippen molar-refractivity contribution >= 4 is 0 Å². The largest absolute Gasteiger partial charge is 0.493 e. The summed E-state index contributed by atoms with van der Waals surface area (Å²) in [4.78, 5) is 2.48. The molecule has 0 bridgehead atoms. The van der Waals surface area contributed by atoms with Gasteiger partial charge in [0.2, 0.25) is 5.75 Å². The molecule has 2 aromatic rings. The van der Waals surface area contributed by atoms with E-state index < -0.39 is 0 Å². The number of aryl methyl sites for hydroxylation is 1. The Balaban J connectivity index is 1.89. The van der Waals surface area contributed by atoms with Crippen molar-refractivity contribution < 1.29 is 18.7 Å². The maximum absolute atomic E-state index is 5.50. The molecule has 2 heterocycles. The molecule has 0 radical (unpaired) electrons. The van der Waals surface area contributed by atoms with E-state index in [1.54, 1.807) is 21.3 Å². The highest BCUT2D eigenvalue weighted by Crippen LogP contribution is 2.39. The molecule has 0 aliphatic carbocycles. The lowest BCUT2D eigenvalue weighted by atomic mass is 10.1. The Bertz CT molecular complexity index is 703. The number of aromatic nitrogens is 1. The number of ether oxygens (including phenoxy) is 3. The van der Waals surface area contributed by atoms with E-state index in [2.05, 4.69) is 16.1 Å². The van der Waals surface area contributed by atoms with Gasteiger partial charge in [-0.15, -0.1) is 0 Å². The van der Waals surface area contributed by atoms with E-state index >= 15 is 0 Å².